The molecule has 0 saturated heterocycles. The van der Waals surface area contributed by atoms with Gasteiger partial charge in [0, 0.05) is 0 Å². The Hall–Kier alpha value is -2.01. The van der Waals surface area contributed by atoms with Gasteiger partial charge in [-0.2, -0.15) is 0 Å². The molecule has 0 bridgehead atoms. The quantitative estimate of drug-likeness (QED) is 0.762. The zero-order valence-corrected chi connectivity index (χ0v) is 10.3. The first-order valence-electron chi connectivity index (χ1n) is 5.03. The summed E-state index contributed by atoms with van der Waals surface area (Å²) < 4.78 is 5.17. The molecule has 0 spiro atoms. The van der Waals surface area contributed by atoms with Gasteiger partial charge in [-0.25, -0.2) is 4.79 Å². The van der Waals surface area contributed by atoms with Gasteiger partial charge in [-0.3, -0.25) is 4.79 Å². The van der Waals surface area contributed by atoms with Crippen molar-refractivity contribution in [1.29, 1.82) is 0 Å². The minimum atomic E-state index is -1.46. The molecule has 0 unspecified atom stereocenters. The highest BCUT2D eigenvalue weighted by Crippen LogP contribution is 2.42. The van der Waals surface area contributed by atoms with Crippen LogP contribution in [0.3, 0.4) is 0 Å². The number of benzene rings is 1. The fourth-order valence-electron chi connectivity index (χ4n) is 1.81. The van der Waals surface area contributed by atoms with E-state index in [0.29, 0.717) is 11.1 Å². The Morgan fingerprint density at radius 3 is 2.50 bits per heavy atom. The van der Waals surface area contributed by atoms with Crippen molar-refractivity contribution < 1.29 is 24.5 Å². The molecule has 1 aliphatic heterocycles. The molecule has 0 saturated carbocycles. The molecule has 0 fully saturated rings. The third-order valence-corrected chi connectivity index (χ3v) is 2.99. The molecule has 0 atom stereocenters. The summed E-state index contributed by atoms with van der Waals surface area (Å²) in [5.74, 6) is -2.71. The van der Waals surface area contributed by atoms with Crippen LogP contribution in [-0.2, 0) is 4.79 Å². The summed E-state index contributed by atoms with van der Waals surface area (Å²) in [6, 6.07) is 1.64. The molecule has 1 aromatic rings. The van der Waals surface area contributed by atoms with E-state index >= 15 is 0 Å². The van der Waals surface area contributed by atoms with E-state index in [-0.39, 0.29) is 17.1 Å². The zero-order valence-electron chi connectivity index (χ0n) is 9.57. The highest BCUT2D eigenvalue weighted by atomic mass is 35.5. The van der Waals surface area contributed by atoms with Crippen LogP contribution in [0.15, 0.2) is 16.9 Å². The number of carbonyl (C=O) groups is 2. The number of halogens is 1. The van der Waals surface area contributed by atoms with Crippen molar-refractivity contribution in [3.63, 3.8) is 0 Å². The number of Topliss-reactive ketones (excluding diaryl/α,β-unsaturated/α-hetero) is 1. The van der Waals surface area contributed by atoms with Gasteiger partial charge in [-0.15, -0.1) is 0 Å². The van der Waals surface area contributed by atoms with Gasteiger partial charge in [0.05, 0.1) is 0 Å². The lowest BCUT2D eigenvalue weighted by atomic mass is 10.0. The molecule has 1 heterocycles. The fourth-order valence-corrected chi connectivity index (χ4v) is 1.93. The van der Waals surface area contributed by atoms with E-state index in [1.807, 2.05) is 0 Å². The number of aryl methyl sites for hydroxylation is 2. The van der Waals surface area contributed by atoms with Crippen LogP contribution in [0.4, 0.5) is 0 Å². The lowest BCUT2D eigenvalue weighted by Gasteiger charge is -2.06. The largest absolute Gasteiger partial charge is 0.507 e. The standard InChI is InChI=1S/C12H9ClO5/c1-4-3-5(2)10-6(8(4)14)9(15)11(18-10)7(13)12(16)17/h3,14H,1-2H3,(H,16,17). The van der Waals surface area contributed by atoms with E-state index in [1.54, 1.807) is 19.9 Å². The predicted octanol–water partition coefficient (Wildman–Crippen LogP) is 2.12. The maximum Gasteiger partial charge on any atom is 0.351 e. The van der Waals surface area contributed by atoms with Crippen molar-refractivity contribution in [3.8, 4) is 11.5 Å². The maximum absolute atomic E-state index is 12.0. The second-order valence-electron chi connectivity index (χ2n) is 3.94. The van der Waals surface area contributed by atoms with Crippen LogP contribution < -0.4 is 4.74 Å². The average molecular weight is 269 g/mol. The Morgan fingerprint density at radius 1 is 1.33 bits per heavy atom. The van der Waals surface area contributed by atoms with Gasteiger partial charge in [-0.1, -0.05) is 11.6 Å². The lowest BCUT2D eigenvalue weighted by Crippen LogP contribution is -2.07. The molecule has 2 N–H and O–H groups in total. The minimum Gasteiger partial charge on any atom is -0.507 e. The first-order chi connectivity index (χ1) is 8.34. The van der Waals surface area contributed by atoms with Crippen molar-refractivity contribution in [2.45, 2.75) is 13.8 Å². The highest BCUT2D eigenvalue weighted by molar-refractivity contribution is 6.43. The van der Waals surface area contributed by atoms with Gasteiger partial charge in [0.15, 0.2) is 5.03 Å². The Balaban J connectivity index is 2.70. The average Bonchev–Trinajstić information content (AvgIpc) is 2.63. The van der Waals surface area contributed by atoms with Crippen LogP contribution >= 0.6 is 11.6 Å². The number of aromatic hydroxyl groups is 1. The summed E-state index contributed by atoms with van der Waals surface area (Å²) in [5.41, 5.74) is 1.09. The normalized spacial score (nSPS) is 16.3. The SMILES string of the molecule is Cc1cc(C)c2c(c1O)C(=O)C(=C(Cl)C(=O)O)O2. The molecule has 2 rings (SSSR count). The summed E-state index contributed by atoms with van der Waals surface area (Å²) in [5, 5.41) is 17.9. The fraction of sp³-hybridized carbons (Fsp3) is 0.167. The Morgan fingerprint density at radius 2 is 1.94 bits per heavy atom. The molecule has 1 aromatic carbocycles. The van der Waals surface area contributed by atoms with E-state index in [2.05, 4.69) is 0 Å². The van der Waals surface area contributed by atoms with Gasteiger partial charge >= 0.3 is 5.97 Å². The summed E-state index contributed by atoms with van der Waals surface area (Å²) in [6.07, 6.45) is 0. The van der Waals surface area contributed by atoms with Gasteiger partial charge < -0.3 is 14.9 Å². The molecular formula is C12H9ClO5. The number of ketones is 1. The van der Waals surface area contributed by atoms with Crippen LogP contribution in [0.5, 0.6) is 11.5 Å². The number of phenolic OH excluding ortho intramolecular Hbond substituents is 1. The summed E-state index contributed by atoms with van der Waals surface area (Å²) in [7, 11) is 0. The summed E-state index contributed by atoms with van der Waals surface area (Å²) in [6.45, 7) is 3.33. The Labute approximate surface area is 107 Å². The molecule has 0 amide bonds. The number of carboxylic acid groups (broad SMARTS) is 1. The number of fused-ring (bicyclic) bond motifs is 1. The summed E-state index contributed by atoms with van der Waals surface area (Å²) >= 11 is 5.50. The van der Waals surface area contributed by atoms with E-state index in [9.17, 15) is 14.7 Å². The molecule has 94 valence electrons. The molecule has 0 aromatic heterocycles. The van der Waals surface area contributed by atoms with E-state index in [1.165, 1.54) is 0 Å². The first-order valence-corrected chi connectivity index (χ1v) is 5.41. The number of allylic oxidation sites excluding steroid dienone is 1. The second kappa shape index (κ2) is 4.03. The first kappa shape index (κ1) is 12.4. The number of rotatable bonds is 1. The molecule has 1 aliphatic rings. The number of hydrogen-bond donors (Lipinski definition) is 2. The van der Waals surface area contributed by atoms with Crippen LogP contribution in [0, 0.1) is 13.8 Å². The number of aliphatic carboxylic acids is 1. The number of carbonyl (C=O) groups excluding carboxylic acids is 1. The number of phenols is 1. The third kappa shape index (κ3) is 1.64. The smallest absolute Gasteiger partial charge is 0.351 e. The van der Waals surface area contributed by atoms with Gasteiger partial charge in [0.2, 0.25) is 11.5 Å². The van der Waals surface area contributed by atoms with Crippen molar-refractivity contribution >= 4 is 23.4 Å². The monoisotopic (exact) mass is 268 g/mol. The lowest BCUT2D eigenvalue weighted by molar-refractivity contribution is -0.132. The van der Waals surface area contributed by atoms with Gasteiger partial charge in [0.1, 0.15) is 17.1 Å². The van der Waals surface area contributed by atoms with Crippen molar-refractivity contribution in [2.24, 2.45) is 0 Å². The molecule has 18 heavy (non-hydrogen) atoms. The highest BCUT2D eigenvalue weighted by Gasteiger charge is 2.36. The van der Waals surface area contributed by atoms with Crippen LogP contribution in [0.2, 0.25) is 0 Å². The molecular weight excluding hydrogens is 260 g/mol. The zero-order chi connectivity index (χ0) is 13.6. The predicted molar refractivity (Wildman–Crippen MR) is 63.1 cm³/mol. The second-order valence-corrected chi connectivity index (χ2v) is 4.32. The summed E-state index contributed by atoms with van der Waals surface area (Å²) in [4.78, 5) is 22.7. The Kier molecular flexibility index (Phi) is 2.78. The minimum absolute atomic E-state index is 0.0399. The molecule has 0 aliphatic carbocycles. The maximum atomic E-state index is 12.0. The number of carboxylic acids is 1. The van der Waals surface area contributed by atoms with Crippen LogP contribution in [0.1, 0.15) is 21.5 Å². The van der Waals surface area contributed by atoms with Crippen molar-refractivity contribution in [3.05, 3.63) is 33.5 Å². The van der Waals surface area contributed by atoms with Crippen LogP contribution in [0.25, 0.3) is 0 Å². The van der Waals surface area contributed by atoms with E-state index in [4.69, 9.17) is 21.4 Å². The van der Waals surface area contributed by atoms with Crippen LogP contribution in [-0.4, -0.2) is 22.0 Å². The number of ether oxygens (including phenoxy) is 1. The van der Waals surface area contributed by atoms with Gasteiger partial charge in [-0.05, 0) is 31.0 Å². The molecule has 0 radical (unpaired) electrons. The van der Waals surface area contributed by atoms with Gasteiger partial charge in [0.25, 0.3) is 0 Å². The topological polar surface area (TPSA) is 83.8 Å². The van der Waals surface area contributed by atoms with E-state index < -0.39 is 22.5 Å². The van der Waals surface area contributed by atoms with Crippen molar-refractivity contribution in [2.75, 3.05) is 0 Å². The molecule has 5 nitrogen and oxygen atoms in total. The van der Waals surface area contributed by atoms with Crippen molar-refractivity contribution in [1.82, 2.24) is 0 Å². The molecule has 6 heteroatoms. The third-order valence-electron chi connectivity index (χ3n) is 2.65. The number of hydrogen-bond acceptors (Lipinski definition) is 4. The van der Waals surface area contributed by atoms with E-state index in [0.717, 1.165) is 0 Å². The Bertz CT molecular complexity index is 615.